The second-order valence-electron chi connectivity index (χ2n) is 7.45. The van der Waals surface area contributed by atoms with Crippen molar-refractivity contribution >= 4 is 27.9 Å². The molecule has 1 amide bonds. The summed E-state index contributed by atoms with van der Waals surface area (Å²) in [4.78, 5) is 21.9. The first-order valence-electron chi connectivity index (χ1n) is 9.67. The minimum Gasteiger partial charge on any atom is -0.441 e. The van der Waals surface area contributed by atoms with Gasteiger partial charge < -0.3 is 19.6 Å². The minimum atomic E-state index is 0.252. The summed E-state index contributed by atoms with van der Waals surface area (Å²) in [5, 5.41) is 4.65. The van der Waals surface area contributed by atoms with Crippen molar-refractivity contribution in [1.29, 1.82) is 0 Å². The van der Waals surface area contributed by atoms with Crippen LogP contribution in [0.25, 0.3) is 22.0 Å². The number of piperidine rings is 1. The third-order valence-corrected chi connectivity index (χ3v) is 5.82. The lowest BCUT2D eigenvalue weighted by Gasteiger charge is -2.22. The molecule has 26 heavy (non-hydrogen) atoms. The molecule has 4 heterocycles. The number of H-pyrrole nitrogens is 1. The van der Waals surface area contributed by atoms with Crippen LogP contribution in [0.4, 0.5) is 0 Å². The summed E-state index contributed by atoms with van der Waals surface area (Å²) in [6.45, 7) is 3.70. The number of amides is 1. The Morgan fingerprint density at radius 1 is 1.27 bits per heavy atom. The maximum atomic E-state index is 11.8. The predicted octanol–water partition coefficient (Wildman–Crippen LogP) is 2.94. The van der Waals surface area contributed by atoms with Gasteiger partial charge in [0, 0.05) is 43.0 Å². The van der Waals surface area contributed by atoms with E-state index in [0.717, 1.165) is 61.4 Å². The van der Waals surface area contributed by atoms with Crippen molar-refractivity contribution in [2.75, 3.05) is 26.2 Å². The van der Waals surface area contributed by atoms with E-state index < -0.39 is 0 Å². The summed E-state index contributed by atoms with van der Waals surface area (Å²) in [7, 11) is 0. The second-order valence-corrected chi connectivity index (χ2v) is 7.45. The summed E-state index contributed by atoms with van der Waals surface area (Å²) in [6.07, 6.45) is 6.79. The fourth-order valence-corrected chi connectivity index (χ4v) is 4.41. The molecule has 0 atom stereocenters. The highest BCUT2D eigenvalue weighted by Gasteiger charge is 2.23. The summed E-state index contributed by atoms with van der Waals surface area (Å²) in [5.74, 6) is 1.55. The van der Waals surface area contributed by atoms with E-state index >= 15 is 0 Å². The van der Waals surface area contributed by atoms with Crippen molar-refractivity contribution in [1.82, 2.24) is 20.2 Å². The molecule has 0 saturated carbocycles. The van der Waals surface area contributed by atoms with Crippen LogP contribution in [0.3, 0.4) is 0 Å². The largest absolute Gasteiger partial charge is 0.441 e. The van der Waals surface area contributed by atoms with Crippen LogP contribution in [0, 0.1) is 0 Å². The van der Waals surface area contributed by atoms with Crippen molar-refractivity contribution in [3.8, 4) is 0 Å². The lowest BCUT2D eigenvalue weighted by Crippen LogP contribution is -2.26. The summed E-state index contributed by atoms with van der Waals surface area (Å²) < 4.78 is 6.01. The van der Waals surface area contributed by atoms with Gasteiger partial charge in [0.1, 0.15) is 5.52 Å². The number of hydrogen-bond acceptors (Lipinski definition) is 4. The molecular formula is C20H24N4O2. The number of aromatic amines is 1. The van der Waals surface area contributed by atoms with Crippen molar-refractivity contribution < 1.29 is 9.21 Å². The first kappa shape index (κ1) is 15.9. The Labute approximate surface area is 151 Å². The molecule has 136 valence electrons. The summed E-state index contributed by atoms with van der Waals surface area (Å²) >= 11 is 0. The van der Waals surface area contributed by atoms with Crippen LogP contribution in [0.1, 0.15) is 43.1 Å². The van der Waals surface area contributed by atoms with Crippen molar-refractivity contribution in [2.45, 2.75) is 38.0 Å². The lowest BCUT2D eigenvalue weighted by atomic mass is 9.90. The van der Waals surface area contributed by atoms with Gasteiger partial charge in [0.15, 0.2) is 11.5 Å². The maximum Gasteiger partial charge on any atom is 0.222 e. The molecule has 2 aromatic heterocycles. The molecule has 0 bridgehead atoms. The third kappa shape index (κ3) is 2.69. The van der Waals surface area contributed by atoms with E-state index in [0.29, 0.717) is 25.3 Å². The van der Waals surface area contributed by atoms with Crippen LogP contribution in [-0.4, -0.2) is 47.0 Å². The molecule has 6 heteroatoms. The van der Waals surface area contributed by atoms with E-state index in [1.807, 2.05) is 11.0 Å². The lowest BCUT2D eigenvalue weighted by molar-refractivity contribution is -0.127. The highest BCUT2D eigenvalue weighted by molar-refractivity contribution is 6.04. The minimum absolute atomic E-state index is 0.252. The molecule has 2 aliphatic rings. The van der Waals surface area contributed by atoms with Crippen LogP contribution in [0.5, 0.6) is 0 Å². The van der Waals surface area contributed by atoms with Crippen LogP contribution in [0.2, 0.25) is 0 Å². The average Bonchev–Trinajstić information content (AvgIpc) is 3.37. The van der Waals surface area contributed by atoms with Gasteiger partial charge in [-0.25, -0.2) is 4.98 Å². The van der Waals surface area contributed by atoms with Gasteiger partial charge in [-0.15, -0.1) is 0 Å². The van der Waals surface area contributed by atoms with Gasteiger partial charge in [-0.2, -0.15) is 0 Å². The summed E-state index contributed by atoms with van der Waals surface area (Å²) in [5.41, 5.74) is 4.29. The molecule has 2 fully saturated rings. The predicted molar refractivity (Wildman–Crippen MR) is 100 cm³/mol. The molecule has 0 radical (unpaired) electrons. The zero-order valence-corrected chi connectivity index (χ0v) is 14.9. The fraction of sp³-hybridized carbons (Fsp3) is 0.500. The van der Waals surface area contributed by atoms with Gasteiger partial charge >= 0.3 is 0 Å². The van der Waals surface area contributed by atoms with E-state index in [2.05, 4.69) is 22.6 Å². The van der Waals surface area contributed by atoms with Crippen LogP contribution < -0.4 is 5.32 Å². The van der Waals surface area contributed by atoms with Gasteiger partial charge in [-0.05, 0) is 56.0 Å². The van der Waals surface area contributed by atoms with Gasteiger partial charge in [0.25, 0.3) is 0 Å². The van der Waals surface area contributed by atoms with E-state index in [-0.39, 0.29) is 5.91 Å². The van der Waals surface area contributed by atoms with Crippen molar-refractivity contribution in [3.05, 3.63) is 29.8 Å². The van der Waals surface area contributed by atoms with Crippen LogP contribution in [-0.2, 0) is 11.2 Å². The number of rotatable bonds is 4. The first-order valence-corrected chi connectivity index (χ1v) is 9.67. The quantitative estimate of drug-likeness (QED) is 0.757. The molecular weight excluding hydrogens is 328 g/mol. The number of carbonyl (C=O) groups excluding carboxylic acids is 1. The summed E-state index contributed by atoms with van der Waals surface area (Å²) in [6, 6.07) is 4.08. The molecule has 0 aliphatic carbocycles. The Morgan fingerprint density at radius 2 is 2.15 bits per heavy atom. The van der Waals surface area contributed by atoms with Crippen molar-refractivity contribution in [3.63, 3.8) is 0 Å². The van der Waals surface area contributed by atoms with Gasteiger partial charge in [0.05, 0.1) is 0 Å². The van der Waals surface area contributed by atoms with Crippen LogP contribution >= 0.6 is 0 Å². The highest BCUT2D eigenvalue weighted by atomic mass is 16.3. The fourth-order valence-electron chi connectivity index (χ4n) is 4.41. The van der Waals surface area contributed by atoms with E-state index in [1.165, 1.54) is 10.9 Å². The van der Waals surface area contributed by atoms with E-state index in [9.17, 15) is 4.79 Å². The Hall–Kier alpha value is -2.34. The van der Waals surface area contributed by atoms with Gasteiger partial charge in [-0.1, -0.05) is 0 Å². The Morgan fingerprint density at radius 3 is 2.96 bits per heavy atom. The van der Waals surface area contributed by atoms with Gasteiger partial charge in [0.2, 0.25) is 5.91 Å². The third-order valence-electron chi connectivity index (χ3n) is 5.82. The molecule has 6 nitrogen and oxygen atoms in total. The zero-order chi connectivity index (χ0) is 17.5. The number of nitrogens with one attached hydrogen (secondary N) is 2. The number of oxazole rings is 1. The molecule has 1 aromatic carbocycles. The van der Waals surface area contributed by atoms with Crippen molar-refractivity contribution in [2.24, 2.45) is 0 Å². The topological polar surface area (TPSA) is 74.2 Å². The standard InChI is InChI=1S/C20H24N4O2/c25-18-2-1-10-24(18)11-7-17-23-20-16(26-17)4-3-15-19(20)14(12-22-15)13-5-8-21-9-6-13/h3-4,12-13,21-22H,1-2,5-11H2. The smallest absolute Gasteiger partial charge is 0.222 e. The number of likely N-dealkylation sites (tertiary alicyclic amines) is 1. The first-order chi connectivity index (χ1) is 12.8. The molecule has 0 unspecified atom stereocenters. The van der Waals surface area contributed by atoms with Gasteiger partial charge in [-0.3, -0.25) is 4.79 Å². The number of fused-ring (bicyclic) bond motifs is 3. The average molecular weight is 352 g/mol. The highest BCUT2D eigenvalue weighted by Crippen LogP contribution is 2.35. The Balaban J connectivity index is 1.47. The monoisotopic (exact) mass is 352 g/mol. The number of aromatic nitrogens is 2. The van der Waals surface area contributed by atoms with E-state index in [1.54, 1.807) is 0 Å². The Bertz CT molecular complexity index is 951. The molecule has 2 N–H and O–H groups in total. The van der Waals surface area contributed by atoms with Crippen LogP contribution in [0.15, 0.2) is 22.7 Å². The SMILES string of the molecule is O=C1CCCN1CCc1nc2c(ccc3[nH]cc(C4CCNCC4)c32)o1. The number of nitrogens with zero attached hydrogens (tertiary/aromatic N) is 2. The Kier molecular flexibility index (Phi) is 3.93. The number of benzene rings is 1. The molecule has 2 saturated heterocycles. The number of carbonyl (C=O) groups is 1. The second kappa shape index (κ2) is 6.43. The molecule has 3 aromatic rings. The molecule has 2 aliphatic heterocycles. The zero-order valence-electron chi connectivity index (χ0n) is 14.9. The maximum absolute atomic E-state index is 11.8. The number of hydrogen-bond donors (Lipinski definition) is 2. The van der Waals surface area contributed by atoms with E-state index in [4.69, 9.17) is 9.40 Å². The molecule has 5 rings (SSSR count). The molecule has 0 spiro atoms. The normalized spacial score (nSPS) is 19.2.